The fourth-order valence-electron chi connectivity index (χ4n) is 6.95. The van der Waals surface area contributed by atoms with Crippen molar-refractivity contribution in [3.63, 3.8) is 0 Å². The SMILES string of the molecule is CCCC#CC1=C(c2ccc(C(=O)CC(C)C(F)(F)F)cn2)CC(C2CCCC2)C(C)c2cc(C3CCC3)ccc21. The van der Waals surface area contributed by atoms with Gasteiger partial charge in [-0.15, -0.1) is 0 Å². The molecule has 0 saturated heterocycles. The lowest BCUT2D eigenvalue weighted by molar-refractivity contribution is -0.168. The van der Waals surface area contributed by atoms with Crippen LogP contribution in [0.15, 0.2) is 36.5 Å². The fourth-order valence-corrected chi connectivity index (χ4v) is 6.95. The molecule has 0 bridgehead atoms. The van der Waals surface area contributed by atoms with Gasteiger partial charge in [0, 0.05) is 30.2 Å². The number of unbranched alkanes of at least 4 members (excludes halogenated alkanes) is 1. The van der Waals surface area contributed by atoms with Crippen LogP contribution in [0, 0.1) is 29.6 Å². The van der Waals surface area contributed by atoms with Crippen molar-refractivity contribution in [2.45, 2.75) is 109 Å². The maximum absolute atomic E-state index is 13.1. The van der Waals surface area contributed by atoms with Crippen molar-refractivity contribution in [2.24, 2.45) is 17.8 Å². The Labute approximate surface area is 243 Å². The van der Waals surface area contributed by atoms with Gasteiger partial charge in [-0.1, -0.05) is 82.9 Å². The molecule has 5 heteroatoms. The Morgan fingerprint density at radius 3 is 2.44 bits per heavy atom. The van der Waals surface area contributed by atoms with Gasteiger partial charge in [-0.3, -0.25) is 9.78 Å². The summed E-state index contributed by atoms with van der Waals surface area (Å²) in [5.41, 5.74) is 7.18. The summed E-state index contributed by atoms with van der Waals surface area (Å²) >= 11 is 0. The smallest absolute Gasteiger partial charge is 0.294 e. The van der Waals surface area contributed by atoms with Gasteiger partial charge in [0.15, 0.2) is 5.78 Å². The Morgan fingerprint density at radius 2 is 1.83 bits per heavy atom. The molecule has 1 heterocycles. The number of allylic oxidation sites excluding steroid dienone is 2. The number of pyridine rings is 1. The average Bonchev–Trinajstić information content (AvgIpc) is 3.42. The Morgan fingerprint density at radius 1 is 1.07 bits per heavy atom. The summed E-state index contributed by atoms with van der Waals surface area (Å²) in [5, 5.41) is 0. The number of Topliss-reactive ketones (excluding diaryl/α,β-unsaturated/α-hetero) is 1. The Bertz CT molecular complexity index is 1330. The van der Waals surface area contributed by atoms with E-state index < -0.39 is 24.3 Å². The summed E-state index contributed by atoms with van der Waals surface area (Å²) in [6.45, 7) is 5.57. The lowest BCUT2D eigenvalue weighted by Crippen LogP contribution is -2.22. The molecule has 2 saturated carbocycles. The van der Waals surface area contributed by atoms with Crippen LogP contribution in [0.4, 0.5) is 13.2 Å². The first-order valence-corrected chi connectivity index (χ1v) is 15.6. The zero-order valence-electron chi connectivity index (χ0n) is 24.6. The van der Waals surface area contributed by atoms with Crippen LogP contribution in [-0.4, -0.2) is 16.9 Å². The standard InChI is InChI=1S/C36H42F3NO/c1-4-5-6-14-29-30-17-15-27(25-12-9-13-25)20-32(30)24(3)31(26-10-7-8-11-26)21-33(29)34-18-16-28(22-40-34)35(41)19-23(2)36(37,38)39/h15-18,20,22-26,31H,4-5,7-13,19,21H2,1-3H3. The zero-order chi connectivity index (χ0) is 29.1. The van der Waals surface area contributed by atoms with E-state index in [0.717, 1.165) is 43.0 Å². The quantitative estimate of drug-likeness (QED) is 0.249. The van der Waals surface area contributed by atoms with Gasteiger partial charge in [0.2, 0.25) is 0 Å². The summed E-state index contributed by atoms with van der Waals surface area (Å²) in [4.78, 5) is 17.4. The van der Waals surface area contributed by atoms with E-state index in [9.17, 15) is 18.0 Å². The van der Waals surface area contributed by atoms with Crippen molar-refractivity contribution < 1.29 is 18.0 Å². The van der Waals surface area contributed by atoms with E-state index in [1.54, 1.807) is 6.07 Å². The topological polar surface area (TPSA) is 30.0 Å². The van der Waals surface area contributed by atoms with Gasteiger partial charge in [0.25, 0.3) is 0 Å². The largest absolute Gasteiger partial charge is 0.391 e. The minimum atomic E-state index is -4.39. The van der Waals surface area contributed by atoms with Crippen molar-refractivity contribution in [3.05, 3.63) is 64.5 Å². The first-order valence-electron chi connectivity index (χ1n) is 15.6. The minimum absolute atomic E-state index is 0.226. The normalized spacial score (nSPS) is 22.4. The van der Waals surface area contributed by atoms with Crippen LogP contribution in [0.25, 0.3) is 11.1 Å². The first-order chi connectivity index (χ1) is 19.7. The Kier molecular flexibility index (Phi) is 9.07. The molecule has 2 aromatic rings. The predicted octanol–water partition coefficient (Wildman–Crippen LogP) is 10.1. The molecule has 0 spiro atoms. The summed E-state index contributed by atoms with van der Waals surface area (Å²) in [6.07, 6.45) is 8.03. The highest BCUT2D eigenvalue weighted by Crippen LogP contribution is 2.50. The molecule has 1 aromatic carbocycles. The lowest BCUT2D eigenvalue weighted by Gasteiger charge is -2.31. The number of aromatic nitrogens is 1. The molecule has 1 aromatic heterocycles. The van der Waals surface area contributed by atoms with E-state index in [1.165, 1.54) is 67.8 Å². The van der Waals surface area contributed by atoms with Crippen molar-refractivity contribution in [3.8, 4) is 11.8 Å². The van der Waals surface area contributed by atoms with Crippen molar-refractivity contribution in [2.75, 3.05) is 0 Å². The predicted molar refractivity (Wildman–Crippen MR) is 159 cm³/mol. The van der Waals surface area contributed by atoms with E-state index in [0.29, 0.717) is 23.7 Å². The van der Waals surface area contributed by atoms with Crippen LogP contribution < -0.4 is 0 Å². The third kappa shape index (κ3) is 6.47. The molecular weight excluding hydrogens is 519 g/mol. The summed E-state index contributed by atoms with van der Waals surface area (Å²) < 4.78 is 39.2. The van der Waals surface area contributed by atoms with Crippen LogP contribution in [0.2, 0.25) is 0 Å². The summed E-state index contributed by atoms with van der Waals surface area (Å²) in [6, 6.07) is 10.5. The Hall–Kier alpha value is -2.87. The molecule has 5 rings (SSSR count). The molecule has 3 aliphatic carbocycles. The number of halogens is 3. The summed E-state index contributed by atoms with van der Waals surface area (Å²) in [7, 11) is 0. The fraction of sp³-hybridized carbons (Fsp3) is 0.556. The van der Waals surface area contributed by atoms with Crippen molar-refractivity contribution in [1.82, 2.24) is 4.98 Å². The van der Waals surface area contributed by atoms with Gasteiger partial charge in [-0.05, 0) is 83.8 Å². The second-order valence-electron chi connectivity index (χ2n) is 12.6. The number of carbonyl (C=O) groups is 1. The Balaban J connectivity index is 1.58. The van der Waals surface area contributed by atoms with Gasteiger partial charge in [-0.25, -0.2) is 0 Å². The van der Waals surface area contributed by atoms with Gasteiger partial charge in [0.1, 0.15) is 0 Å². The highest BCUT2D eigenvalue weighted by molar-refractivity contribution is 6.00. The van der Waals surface area contributed by atoms with Gasteiger partial charge in [-0.2, -0.15) is 13.2 Å². The molecule has 0 N–H and O–H groups in total. The number of fused-ring (bicyclic) bond motifs is 1. The van der Waals surface area contributed by atoms with E-state index in [1.807, 2.05) is 6.07 Å². The second-order valence-corrected chi connectivity index (χ2v) is 12.6. The molecule has 2 fully saturated rings. The number of nitrogens with zero attached hydrogens (tertiary/aromatic N) is 1. The number of hydrogen-bond acceptors (Lipinski definition) is 2. The first kappa shape index (κ1) is 29.6. The maximum Gasteiger partial charge on any atom is 0.391 e. The molecular formula is C36H42F3NO. The van der Waals surface area contributed by atoms with Crippen molar-refractivity contribution in [1.29, 1.82) is 0 Å². The molecule has 3 aliphatic rings. The maximum atomic E-state index is 13.1. The molecule has 3 atom stereocenters. The van der Waals surface area contributed by atoms with Crippen LogP contribution in [0.3, 0.4) is 0 Å². The molecule has 3 unspecified atom stereocenters. The van der Waals surface area contributed by atoms with Crippen LogP contribution >= 0.6 is 0 Å². The number of benzene rings is 1. The van der Waals surface area contributed by atoms with E-state index in [-0.39, 0.29) is 5.56 Å². The van der Waals surface area contributed by atoms with E-state index in [4.69, 9.17) is 4.98 Å². The van der Waals surface area contributed by atoms with E-state index in [2.05, 4.69) is 43.9 Å². The lowest BCUT2D eigenvalue weighted by atomic mass is 9.73. The number of rotatable bonds is 7. The number of carbonyl (C=O) groups excluding carboxylic acids is 1. The van der Waals surface area contributed by atoms with Gasteiger partial charge < -0.3 is 0 Å². The van der Waals surface area contributed by atoms with Crippen LogP contribution in [0.1, 0.15) is 136 Å². The number of hydrogen-bond donors (Lipinski definition) is 0. The summed E-state index contributed by atoms with van der Waals surface area (Å²) in [5.74, 6) is 6.89. The monoisotopic (exact) mass is 561 g/mol. The highest BCUT2D eigenvalue weighted by Gasteiger charge is 2.38. The highest BCUT2D eigenvalue weighted by atomic mass is 19.4. The third-order valence-electron chi connectivity index (χ3n) is 9.83. The molecule has 0 radical (unpaired) electrons. The zero-order valence-corrected chi connectivity index (χ0v) is 24.6. The van der Waals surface area contributed by atoms with Crippen molar-refractivity contribution >= 4 is 16.9 Å². The molecule has 0 amide bonds. The number of ketones is 1. The molecule has 2 nitrogen and oxygen atoms in total. The van der Waals surface area contributed by atoms with Crippen LogP contribution in [-0.2, 0) is 0 Å². The number of alkyl halides is 3. The second kappa shape index (κ2) is 12.6. The van der Waals surface area contributed by atoms with Gasteiger partial charge >= 0.3 is 6.18 Å². The van der Waals surface area contributed by atoms with E-state index >= 15 is 0 Å². The molecule has 0 aliphatic heterocycles. The minimum Gasteiger partial charge on any atom is -0.294 e. The molecule has 218 valence electrons. The molecule has 41 heavy (non-hydrogen) atoms. The third-order valence-corrected chi connectivity index (χ3v) is 9.83. The average molecular weight is 562 g/mol. The van der Waals surface area contributed by atoms with Gasteiger partial charge in [0.05, 0.1) is 11.6 Å². The van der Waals surface area contributed by atoms with Crippen LogP contribution in [0.5, 0.6) is 0 Å².